The Hall–Kier alpha value is -1.91. The highest BCUT2D eigenvalue weighted by atomic mass is 127. The molecule has 0 aliphatic heterocycles. The highest BCUT2D eigenvalue weighted by molar-refractivity contribution is 7.85. The van der Waals surface area contributed by atoms with Crippen molar-refractivity contribution in [3.05, 3.63) is 95.6 Å². The predicted molar refractivity (Wildman–Crippen MR) is 109 cm³/mol. The Bertz CT molecular complexity index is 1120. The second-order valence-electron chi connectivity index (χ2n) is 7.00. The molecule has 0 saturated heterocycles. The molecule has 0 atom stereocenters. The molecule has 0 fully saturated rings. The molecule has 3 rings (SSSR count). The second kappa shape index (κ2) is 10.1. The normalized spacial score (nSPS) is 11.6. The number of rotatable bonds is 3. The van der Waals surface area contributed by atoms with Gasteiger partial charge in [0.2, 0.25) is 0 Å². The summed E-state index contributed by atoms with van der Waals surface area (Å²) in [4.78, 5) is -1.24. The molecule has 0 N–H and O–H groups in total. The molecule has 0 unspecified atom stereocenters. The number of benzene rings is 3. The van der Waals surface area contributed by atoms with Crippen LogP contribution in [0.1, 0.15) is 27.8 Å². The van der Waals surface area contributed by atoms with Crippen molar-refractivity contribution in [2.75, 3.05) is 0 Å². The number of hydrogen-bond donors (Lipinski definition) is 0. The molecule has 3 aromatic rings. The smallest absolute Gasteiger partial charge is 0.417 e. The van der Waals surface area contributed by atoms with Crippen molar-refractivity contribution in [1.29, 1.82) is 0 Å². The summed E-state index contributed by atoms with van der Waals surface area (Å²) in [5, 5.41) is 0. The van der Waals surface area contributed by atoms with Gasteiger partial charge >= 0.3 is 27.4 Å². The van der Waals surface area contributed by atoms with Crippen molar-refractivity contribution in [2.24, 2.45) is 0 Å². The van der Waals surface area contributed by atoms with Crippen molar-refractivity contribution < 1.29 is 47.3 Å². The number of alkyl halides is 3. The summed E-state index contributed by atoms with van der Waals surface area (Å²) in [6, 6.07) is 17.0. The lowest BCUT2D eigenvalue weighted by atomic mass is 10.1. The Kier molecular flexibility index (Phi) is 8.29. The fourth-order valence-electron chi connectivity index (χ4n) is 2.57. The molecule has 0 saturated carbocycles. The van der Waals surface area contributed by atoms with Crippen molar-refractivity contribution in [3.63, 3.8) is 0 Å². The minimum atomic E-state index is -5.09. The SMILES string of the molecule is Cc1ccc([I+]c2ccc(C)c(C)c2)cc1C.O=S(=O)([O-])c1ccccc1C(F)(F)F. The topological polar surface area (TPSA) is 57.2 Å². The molecular formula is C23H22F3IO3S. The maximum Gasteiger partial charge on any atom is 0.417 e. The van der Waals surface area contributed by atoms with E-state index in [1.54, 1.807) is 0 Å². The summed E-state index contributed by atoms with van der Waals surface area (Å²) in [6.45, 7) is 8.74. The molecule has 31 heavy (non-hydrogen) atoms. The molecule has 0 radical (unpaired) electrons. The zero-order valence-corrected chi connectivity index (χ0v) is 20.4. The zero-order valence-electron chi connectivity index (χ0n) is 17.4. The molecular weight excluding hydrogens is 540 g/mol. The Labute approximate surface area is 191 Å². The summed E-state index contributed by atoms with van der Waals surface area (Å²) in [7, 11) is -5.09. The maximum absolute atomic E-state index is 12.2. The first-order valence-corrected chi connectivity index (χ1v) is 12.8. The molecule has 0 aromatic heterocycles. The highest BCUT2D eigenvalue weighted by Crippen LogP contribution is 2.33. The van der Waals surface area contributed by atoms with Gasteiger partial charge in [0.15, 0.2) is 7.14 Å². The summed E-state index contributed by atoms with van der Waals surface area (Å²) >= 11 is -0.0304. The van der Waals surface area contributed by atoms with Crippen LogP contribution in [0.15, 0.2) is 65.6 Å². The monoisotopic (exact) mass is 562 g/mol. The van der Waals surface area contributed by atoms with Crippen LogP contribution in [0, 0.1) is 34.8 Å². The number of aryl methyl sites for hydroxylation is 4. The fourth-order valence-corrected chi connectivity index (χ4v) is 5.95. The number of halogens is 4. The van der Waals surface area contributed by atoms with Gasteiger partial charge < -0.3 is 4.55 Å². The third-order valence-electron chi connectivity index (χ3n) is 4.62. The molecule has 0 spiro atoms. The van der Waals surface area contributed by atoms with Crippen LogP contribution in [0.4, 0.5) is 13.2 Å². The van der Waals surface area contributed by atoms with Gasteiger partial charge in [0.25, 0.3) is 0 Å². The molecule has 0 amide bonds. The predicted octanol–water partition coefficient (Wildman–Crippen LogP) is 2.66. The molecule has 166 valence electrons. The quantitative estimate of drug-likeness (QED) is 0.365. The van der Waals surface area contributed by atoms with Gasteiger partial charge in [-0.2, -0.15) is 13.2 Å². The molecule has 0 bridgehead atoms. The second-order valence-corrected chi connectivity index (χ2v) is 11.4. The van der Waals surface area contributed by atoms with Gasteiger partial charge in [-0.05, 0) is 86.3 Å². The molecule has 0 aliphatic rings. The fraction of sp³-hybridized carbons (Fsp3) is 0.217. The first kappa shape index (κ1) is 25.4. The Morgan fingerprint density at radius 2 is 1.19 bits per heavy atom. The third kappa shape index (κ3) is 7.33. The van der Waals surface area contributed by atoms with Crippen LogP contribution in [0.3, 0.4) is 0 Å². The van der Waals surface area contributed by atoms with Crippen LogP contribution in [-0.4, -0.2) is 13.0 Å². The van der Waals surface area contributed by atoms with Gasteiger partial charge in [-0.15, -0.1) is 0 Å². The van der Waals surface area contributed by atoms with E-state index in [0.29, 0.717) is 12.1 Å². The minimum Gasteiger partial charge on any atom is -0.744 e. The van der Waals surface area contributed by atoms with Crippen molar-refractivity contribution >= 4 is 10.1 Å². The van der Waals surface area contributed by atoms with E-state index >= 15 is 0 Å². The van der Waals surface area contributed by atoms with Gasteiger partial charge in [0, 0.05) is 0 Å². The van der Waals surface area contributed by atoms with E-state index in [1.165, 1.54) is 29.4 Å². The van der Waals surface area contributed by atoms with Gasteiger partial charge in [-0.25, -0.2) is 8.42 Å². The molecule has 0 heterocycles. The van der Waals surface area contributed by atoms with Gasteiger partial charge in [0.1, 0.15) is 10.1 Å². The van der Waals surface area contributed by atoms with Crippen LogP contribution in [0.25, 0.3) is 0 Å². The maximum atomic E-state index is 12.2. The number of hydrogen-bond acceptors (Lipinski definition) is 3. The average Bonchev–Trinajstić information content (AvgIpc) is 2.67. The molecule has 3 aromatic carbocycles. The van der Waals surface area contributed by atoms with Crippen molar-refractivity contribution in [1.82, 2.24) is 0 Å². The van der Waals surface area contributed by atoms with Crippen LogP contribution >= 0.6 is 0 Å². The highest BCUT2D eigenvalue weighted by Gasteiger charge is 2.34. The Morgan fingerprint density at radius 1 is 0.742 bits per heavy atom. The zero-order chi connectivity index (χ0) is 23.4. The Balaban J connectivity index is 0.000000225. The van der Waals surface area contributed by atoms with Crippen molar-refractivity contribution in [2.45, 2.75) is 38.8 Å². The lowest BCUT2D eigenvalue weighted by Gasteiger charge is -2.14. The first-order chi connectivity index (χ1) is 14.3. The summed E-state index contributed by atoms with van der Waals surface area (Å²) < 4.78 is 70.9. The van der Waals surface area contributed by atoms with Gasteiger partial charge in [-0.1, -0.05) is 24.3 Å². The van der Waals surface area contributed by atoms with Gasteiger partial charge in [-0.3, -0.25) is 0 Å². The summed E-state index contributed by atoms with van der Waals surface area (Å²) in [5.41, 5.74) is 4.16. The van der Waals surface area contributed by atoms with E-state index in [2.05, 4.69) is 64.1 Å². The van der Waals surface area contributed by atoms with Crippen LogP contribution in [-0.2, 0) is 16.3 Å². The van der Waals surface area contributed by atoms with E-state index in [9.17, 15) is 26.1 Å². The van der Waals surface area contributed by atoms with E-state index in [-0.39, 0.29) is 21.2 Å². The lowest BCUT2D eigenvalue weighted by Crippen LogP contribution is -3.61. The standard InChI is InChI=1S/C16H18I.C7H5F3O3S/c1-11-5-7-15(9-13(11)3)17-16-8-6-12(2)14(4)10-16;8-7(9,10)5-3-1-2-4-6(5)14(11,12)13/h5-10H,1-4H3;1-4H,(H,11,12,13)/q+1;/p-1. The third-order valence-corrected chi connectivity index (χ3v) is 8.10. The van der Waals surface area contributed by atoms with E-state index in [1.807, 2.05) is 0 Å². The largest absolute Gasteiger partial charge is 0.744 e. The Morgan fingerprint density at radius 3 is 1.55 bits per heavy atom. The minimum absolute atomic E-state index is 0.0304. The first-order valence-electron chi connectivity index (χ1n) is 9.20. The van der Waals surface area contributed by atoms with Crippen LogP contribution in [0.2, 0.25) is 0 Å². The van der Waals surface area contributed by atoms with E-state index < -0.39 is 26.8 Å². The molecule has 8 heteroatoms. The van der Waals surface area contributed by atoms with Crippen LogP contribution < -0.4 is 21.2 Å². The lowest BCUT2D eigenvalue weighted by molar-refractivity contribution is -0.597. The van der Waals surface area contributed by atoms with Gasteiger partial charge in [0.05, 0.1) is 10.5 Å². The summed E-state index contributed by atoms with van der Waals surface area (Å²) in [6.07, 6.45) is -4.84. The molecule has 3 nitrogen and oxygen atoms in total. The van der Waals surface area contributed by atoms with E-state index in [0.717, 1.165) is 12.1 Å². The average molecular weight is 562 g/mol. The molecule has 0 aliphatic carbocycles. The van der Waals surface area contributed by atoms with Crippen molar-refractivity contribution in [3.8, 4) is 0 Å². The van der Waals surface area contributed by atoms with Crippen LogP contribution in [0.5, 0.6) is 0 Å². The van der Waals surface area contributed by atoms with E-state index in [4.69, 9.17) is 0 Å². The summed E-state index contributed by atoms with van der Waals surface area (Å²) in [5.74, 6) is 0.